The molecule has 0 radical (unpaired) electrons. The fraction of sp³-hybridized carbons (Fsp3) is 0.250. The molecule has 0 unspecified atom stereocenters. The number of carbonyl (C=O) groups excluding carboxylic acids is 2. The van der Waals surface area contributed by atoms with Crippen LogP contribution in [0.15, 0.2) is 52.2 Å². The van der Waals surface area contributed by atoms with Crippen molar-refractivity contribution in [3.8, 4) is 0 Å². The van der Waals surface area contributed by atoms with E-state index in [2.05, 4.69) is 10.2 Å². The minimum Gasteiger partial charge on any atom is -0.273 e. The topological polar surface area (TPSA) is 62.1 Å². The first-order chi connectivity index (χ1) is 10.5. The number of amides is 2. The van der Waals surface area contributed by atoms with E-state index in [1.807, 2.05) is 32.9 Å². The molecule has 2 amide bonds. The first-order valence-corrected chi connectivity index (χ1v) is 7.80. The highest BCUT2D eigenvalue weighted by Crippen LogP contribution is 2.22. The molecule has 1 aliphatic rings. The Balaban J connectivity index is 2.27. The van der Waals surface area contributed by atoms with E-state index in [0.29, 0.717) is 10.7 Å². The molecule has 0 spiro atoms. The number of thioether (sulfide) groups is 1. The van der Waals surface area contributed by atoms with Crippen molar-refractivity contribution in [2.45, 2.75) is 20.8 Å². The minimum atomic E-state index is -0.371. The molecule has 2 rings (SSSR count). The van der Waals surface area contributed by atoms with Gasteiger partial charge in [0.05, 0.1) is 11.5 Å². The number of hydrogen-bond acceptors (Lipinski definition) is 5. The molecule has 114 valence electrons. The van der Waals surface area contributed by atoms with Crippen molar-refractivity contribution < 1.29 is 9.59 Å². The number of benzene rings is 1. The zero-order chi connectivity index (χ0) is 16.1. The molecule has 0 atom stereocenters. The Morgan fingerprint density at radius 3 is 2.55 bits per heavy atom. The van der Waals surface area contributed by atoms with Crippen molar-refractivity contribution in [3.63, 3.8) is 0 Å². The van der Waals surface area contributed by atoms with Crippen molar-refractivity contribution >= 4 is 34.5 Å². The van der Waals surface area contributed by atoms with Crippen LogP contribution in [0.4, 0.5) is 0 Å². The predicted octanol–water partition coefficient (Wildman–Crippen LogP) is 3.10. The van der Waals surface area contributed by atoms with Gasteiger partial charge < -0.3 is 0 Å². The highest BCUT2D eigenvalue weighted by molar-refractivity contribution is 8.15. The third-order valence-electron chi connectivity index (χ3n) is 2.78. The lowest BCUT2D eigenvalue weighted by atomic mass is 10.2. The molecule has 1 heterocycles. The zero-order valence-corrected chi connectivity index (χ0v) is 13.6. The highest BCUT2D eigenvalue weighted by Gasteiger charge is 2.34. The molecule has 1 aromatic carbocycles. The summed E-state index contributed by atoms with van der Waals surface area (Å²) in [7, 11) is 0. The average Bonchev–Trinajstić information content (AvgIpc) is 2.85. The van der Waals surface area contributed by atoms with Gasteiger partial charge in [0.15, 0.2) is 5.17 Å². The van der Waals surface area contributed by atoms with Crippen LogP contribution in [-0.4, -0.2) is 33.3 Å². The zero-order valence-electron chi connectivity index (χ0n) is 12.7. The first-order valence-electron chi connectivity index (χ1n) is 6.81. The van der Waals surface area contributed by atoms with Crippen molar-refractivity contribution in [1.29, 1.82) is 0 Å². The molecule has 1 saturated heterocycles. The quantitative estimate of drug-likeness (QED) is 0.489. The summed E-state index contributed by atoms with van der Waals surface area (Å²) < 4.78 is 0. The van der Waals surface area contributed by atoms with E-state index >= 15 is 0 Å². The van der Waals surface area contributed by atoms with Gasteiger partial charge in [0.1, 0.15) is 0 Å². The van der Waals surface area contributed by atoms with E-state index in [0.717, 1.165) is 16.2 Å². The van der Waals surface area contributed by atoms with E-state index in [1.54, 1.807) is 24.3 Å². The van der Waals surface area contributed by atoms with Gasteiger partial charge in [-0.05, 0) is 39.0 Å². The van der Waals surface area contributed by atoms with Crippen molar-refractivity contribution in [1.82, 2.24) is 4.90 Å². The number of nitrogens with zero attached hydrogens (tertiary/aromatic N) is 3. The van der Waals surface area contributed by atoms with Crippen LogP contribution < -0.4 is 0 Å². The Labute approximate surface area is 133 Å². The largest absolute Gasteiger partial charge is 0.273 e. The summed E-state index contributed by atoms with van der Waals surface area (Å²) in [6.45, 7) is 5.75. The van der Waals surface area contributed by atoms with Crippen LogP contribution >= 0.6 is 11.8 Å². The number of rotatable bonds is 3. The first kappa shape index (κ1) is 16.2. The van der Waals surface area contributed by atoms with Gasteiger partial charge in [-0.25, -0.2) is 4.90 Å². The van der Waals surface area contributed by atoms with Gasteiger partial charge >= 0.3 is 0 Å². The molecule has 0 bridgehead atoms. The lowest BCUT2D eigenvalue weighted by Gasteiger charge is -2.12. The van der Waals surface area contributed by atoms with Crippen molar-refractivity contribution in [2.24, 2.45) is 10.2 Å². The standard InChI is InChI=1S/C16H17N3O2S/c1-11(2)9-12(3)17-18-16-19(14(20)10-22-16)15(21)13-7-5-4-6-8-13/h4-9H,10H2,1-3H3/b17-12-,18-16+. The molecule has 0 aliphatic carbocycles. The molecule has 22 heavy (non-hydrogen) atoms. The third-order valence-corrected chi connectivity index (χ3v) is 3.69. The minimum absolute atomic E-state index is 0.203. The van der Waals surface area contributed by atoms with E-state index in [9.17, 15) is 9.59 Å². The highest BCUT2D eigenvalue weighted by atomic mass is 32.2. The summed E-state index contributed by atoms with van der Waals surface area (Å²) in [4.78, 5) is 25.5. The molecule has 1 fully saturated rings. The summed E-state index contributed by atoms with van der Waals surface area (Å²) in [5.41, 5.74) is 2.28. The second kappa shape index (κ2) is 7.17. The van der Waals surface area contributed by atoms with Gasteiger partial charge in [-0.15, -0.1) is 5.10 Å². The second-order valence-corrected chi connectivity index (χ2v) is 5.98. The Bertz CT molecular complexity index is 674. The second-order valence-electron chi connectivity index (χ2n) is 5.03. The van der Waals surface area contributed by atoms with Crippen LogP contribution in [0.3, 0.4) is 0 Å². The number of imide groups is 1. The average molecular weight is 315 g/mol. The Morgan fingerprint density at radius 2 is 1.91 bits per heavy atom. The molecule has 1 aromatic rings. The normalized spacial score (nSPS) is 17.0. The monoisotopic (exact) mass is 315 g/mol. The third kappa shape index (κ3) is 3.92. The van der Waals surface area contributed by atoms with Gasteiger partial charge in [-0.2, -0.15) is 5.10 Å². The molecular formula is C16H17N3O2S. The maximum atomic E-state index is 12.4. The van der Waals surface area contributed by atoms with Crippen LogP contribution in [-0.2, 0) is 4.79 Å². The van der Waals surface area contributed by atoms with Crippen LogP contribution in [0.25, 0.3) is 0 Å². The summed E-state index contributed by atoms with van der Waals surface area (Å²) >= 11 is 1.22. The Morgan fingerprint density at radius 1 is 1.23 bits per heavy atom. The van der Waals surface area contributed by atoms with E-state index in [-0.39, 0.29) is 17.6 Å². The fourth-order valence-electron chi connectivity index (χ4n) is 1.91. The summed E-state index contributed by atoms with van der Waals surface area (Å²) in [5.74, 6) is -0.439. The van der Waals surface area contributed by atoms with Gasteiger partial charge in [0, 0.05) is 5.56 Å². The number of hydrogen-bond donors (Lipinski definition) is 0. The van der Waals surface area contributed by atoms with Crippen molar-refractivity contribution in [2.75, 3.05) is 5.75 Å². The molecule has 0 aromatic heterocycles. The van der Waals surface area contributed by atoms with Gasteiger partial charge in [-0.1, -0.05) is 35.5 Å². The fourth-order valence-corrected chi connectivity index (χ4v) is 2.71. The molecular weight excluding hydrogens is 298 g/mol. The van der Waals surface area contributed by atoms with E-state index in [1.165, 1.54) is 11.8 Å². The molecule has 1 aliphatic heterocycles. The van der Waals surface area contributed by atoms with Gasteiger partial charge in [-0.3, -0.25) is 9.59 Å². The van der Waals surface area contributed by atoms with Crippen LogP contribution in [0.5, 0.6) is 0 Å². The number of carbonyl (C=O) groups is 2. The number of allylic oxidation sites excluding steroid dienone is 2. The molecule has 6 heteroatoms. The summed E-state index contributed by atoms with van der Waals surface area (Å²) in [5, 5.41) is 8.45. The van der Waals surface area contributed by atoms with E-state index < -0.39 is 0 Å². The lowest BCUT2D eigenvalue weighted by molar-refractivity contribution is -0.122. The van der Waals surface area contributed by atoms with Gasteiger partial charge in [0.25, 0.3) is 5.91 Å². The van der Waals surface area contributed by atoms with Crippen LogP contribution in [0, 0.1) is 0 Å². The summed E-state index contributed by atoms with van der Waals surface area (Å²) in [6, 6.07) is 8.69. The predicted molar refractivity (Wildman–Crippen MR) is 90.1 cm³/mol. The van der Waals surface area contributed by atoms with Crippen LogP contribution in [0.2, 0.25) is 0 Å². The van der Waals surface area contributed by atoms with Crippen LogP contribution in [0.1, 0.15) is 31.1 Å². The molecule has 0 saturated carbocycles. The maximum absolute atomic E-state index is 12.4. The Hall–Kier alpha value is -2.21. The van der Waals surface area contributed by atoms with E-state index in [4.69, 9.17) is 0 Å². The maximum Gasteiger partial charge on any atom is 0.266 e. The molecule has 0 N–H and O–H groups in total. The number of amidine groups is 1. The smallest absolute Gasteiger partial charge is 0.266 e. The Kier molecular flexibility index (Phi) is 5.27. The molecule has 5 nitrogen and oxygen atoms in total. The SMILES string of the molecule is CC(C)=C/C(C)=N\N=C1\SCC(=O)N1C(=O)c1ccccc1. The lowest BCUT2D eigenvalue weighted by Crippen LogP contribution is -2.35. The van der Waals surface area contributed by atoms with Crippen molar-refractivity contribution in [3.05, 3.63) is 47.5 Å². The summed E-state index contributed by atoms with van der Waals surface area (Å²) in [6.07, 6.45) is 1.88. The van der Waals surface area contributed by atoms with Gasteiger partial charge in [0.2, 0.25) is 5.91 Å².